The van der Waals surface area contributed by atoms with Gasteiger partial charge in [-0.1, -0.05) is 18.2 Å². The molecule has 5 heteroatoms. The molecule has 21 heavy (non-hydrogen) atoms. The molecule has 2 rings (SSSR count). The van der Waals surface area contributed by atoms with E-state index < -0.39 is 0 Å². The van der Waals surface area contributed by atoms with Crippen molar-refractivity contribution in [3.8, 4) is 5.75 Å². The van der Waals surface area contributed by atoms with E-state index in [-0.39, 0.29) is 12.0 Å². The number of morpholine rings is 1. The Labute approximate surface area is 126 Å². The average Bonchev–Trinajstić information content (AvgIpc) is 2.47. The highest BCUT2D eigenvalue weighted by Gasteiger charge is 2.21. The van der Waals surface area contributed by atoms with Gasteiger partial charge in [-0.2, -0.15) is 0 Å². The molecular weight excluding hydrogens is 268 g/mol. The molecule has 0 N–H and O–H groups in total. The van der Waals surface area contributed by atoms with Gasteiger partial charge >= 0.3 is 0 Å². The lowest BCUT2D eigenvalue weighted by molar-refractivity contribution is -0.133. The number of benzene rings is 1. The largest absolute Gasteiger partial charge is 0.496 e. The van der Waals surface area contributed by atoms with Crippen LogP contribution in [0.3, 0.4) is 0 Å². The quantitative estimate of drug-likeness (QED) is 0.822. The first-order chi connectivity index (χ1) is 10.1. The molecule has 0 spiro atoms. The summed E-state index contributed by atoms with van der Waals surface area (Å²) in [5.74, 6) is 0.937. The van der Waals surface area contributed by atoms with Crippen molar-refractivity contribution in [1.82, 2.24) is 9.80 Å². The normalized spacial score (nSPS) is 19.3. The third kappa shape index (κ3) is 4.44. The first-order valence-electron chi connectivity index (χ1n) is 7.30. The number of nitrogens with zero attached hydrogens (tertiary/aromatic N) is 2. The van der Waals surface area contributed by atoms with E-state index in [2.05, 4.69) is 4.90 Å². The highest BCUT2D eigenvalue weighted by Crippen LogP contribution is 2.18. The van der Waals surface area contributed by atoms with Crippen molar-refractivity contribution < 1.29 is 14.3 Å². The van der Waals surface area contributed by atoms with Gasteiger partial charge in [-0.3, -0.25) is 9.69 Å². The van der Waals surface area contributed by atoms with Gasteiger partial charge in [0, 0.05) is 32.2 Å². The van der Waals surface area contributed by atoms with Crippen LogP contribution in [0.4, 0.5) is 0 Å². The summed E-state index contributed by atoms with van der Waals surface area (Å²) in [4.78, 5) is 16.2. The Hall–Kier alpha value is -1.59. The number of hydrogen-bond donors (Lipinski definition) is 0. The lowest BCUT2D eigenvalue weighted by Gasteiger charge is -2.31. The number of hydrogen-bond acceptors (Lipinski definition) is 4. The molecule has 1 unspecified atom stereocenters. The summed E-state index contributed by atoms with van der Waals surface area (Å²) < 4.78 is 10.8. The summed E-state index contributed by atoms with van der Waals surface area (Å²) in [5.41, 5.74) is 1.02. The van der Waals surface area contributed by atoms with Gasteiger partial charge in [-0.25, -0.2) is 0 Å². The predicted octanol–water partition coefficient (Wildman–Crippen LogP) is 1.37. The number of likely N-dealkylation sites (N-methyl/N-ethyl adjacent to an activating group) is 1. The maximum Gasteiger partial charge on any atom is 0.236 e. The topological polar surface area (TPSA) is 42.0 Å². The van der Waals surface area contributed by atoms with Crippen molar-refractivity contribution in [2.24, 2.45) is 0 Å². The minimum absolute atomic E-state index is 0.120. The predicted molar refractivity (Wildman–Crippen MR) is 81.3 cm³/mol. The third-order valence-electron chi connectivity index (χ3n) is 3.71. The molecule has 0 saturated carbocycles. The van der Waals surface area contributed by atoms with Crippen LogP contribution in [0.2, 0.25) is 0 Å². The number of rotatable bonds is 5. The number of carbonyl (C=O) groups is 1. The zero-order valence-electron chi connectivity index (χ0n) is 13.0. The summed E-state index contributed by atoms with van der Waals surface area (Å²) in [6.45, 7) is 5.37. The minimum atomic E-state index is 0.120. The van der Waals surface area contributed by atoms with Gasteiger partial charge in [-0.05, 0) is 13.0 Å². The monoisotopic (exact) mass is 292 g/mol. The van der Waals surface area contributed by atoms with E-state index in [1.807, 2.05) is 38.2 Å². The van der Waals surface area contributed by atoms with E-state index in [1.165, 1.54) is 0 Å². The van der Waals surface area contributed by atoms with Gasteiger partial charge in [0.25, 0.3) is 0 Å². The van der Waals surface area contributed by atoms with E-state index in [0.717, 1.165) is 24.4 Å². The zero-order chi connectivity index (χ0) is 15.2. The van der Waals surface area contributed by atoms with Crippen LogP contribution < -0.4 is 4.74 Å². The first kappa shape index (κ1) is 15.8. The molecule has 1 atom stereocenters. The van der Waals surface area contributed by atoms with Gasteiger partial charge < -0.3 is 14.4 Å². The van der Waals surface area contributed by atoms with E-state index in [4.69, 9.17) is 9.47 Å². The minimum Gasteiger partial charge on any atom is -0.496 e. The first-order valence-corrected chi connectivity index (χ1v) is 7.30. The molecule has 1 aromatic rings. The van der Waals surface area contributed by atoms with E-state index in [1.54, 1.807) is 12.0 Å². The number of ether oxygens (including phenoxy) is 2. The highest BCUT2D eigenvalue weighted by molar-refractivity contribution is 5.78. The van der Waals surface area contributed by atoms with Gasteiger partial charge in [0.15, 0.2) is 0 Å². The Bertz CT molecular complexity index is 478. The molecular formula is C16H24N2O3. The van der Waals surface area contributed by atoms with Crippen LogP contribution in [-0.2, 0) is 16.1 Å². The van der Waals surface area contributed by atoms with Crippen LogP contribution in [0, 0.1) is 0 Å². The van der Waals surface area contributed by atoms with Crippen LogP contribution in [-0.4, -0.2) is 62.2 Å². The summed E-state index contributed by atoms with van der Waals surface area (Å²) >= 11 is 0. The van der Waals surface area contributed by atoms with Crippen molar-refractivity contribution in [1.29, 1.82) is 0 Å². The van der Waals surface area contributed by atoms with Crippen LogP contribution in [0.1, 0.15) is 12.5 Å². The molecule has 1 aliphatic heterocycles. The molecule has 0 aliphatic carbocycles. The van der Waals surface area contributed by atoms with Gasteiger partial charge in [-0.15, -0.1) is 0 Å². The number of carbonyl (C=O) groups excluding carboxylic acids is 1. The van der Waals surface area contributed by atoms with Crippen molar-refractivity contribution in [3.63, 3.8) is 0 Å². The fourth-order valence-electron chi connectivity index (χ4n) is 2.52. The molecule has 1 aliphatic rings. The molecule has 0 radical (unpaired) electrons. The molecule has 1 aromatic carbocycles. The number of methoxy groups -OCH3 is 1. The van der Waals surface area contributed by atoms with Crippen LogP contribution in [0.5, 0.6) is 5.75 Å². The Morgan fingerprint density at radius 3 is 2.95 bits per heavy atom. The van der Waals surface area contributed by atoms with Gasteiger partial charge in [0.2, 0.25) is 5.91 Å². The van der Waals surface area contributed by atoms with E-state index in [0.29, 0.717) is 19.7 Å². The Morgan fingerprint density at radius 2 is 2.24 bits per heavy atom. The SMILES string of the molecule is COc1ccccc1CN(C)C(=O)CN1CCOC(C)C1. The second-order valence-corrected chi connectivity index (χ2v) is 5.48. The Balaban J connectivity index is 1.90. The molecule has 0 bridgehead atoms. The van der Waals surface area contributed by atoms with Gasteiger partial charge in [0.05, 0.1) is 26.4 Å². The average molecular weight is 292 g/mol. The zero-order valence-corrected chi connectivity index (χ0v) is 13.0. The number of para-hydroxylation sites is 1. The van der Waals surface area contributed by atoms with E-state index in [9.17, 15) is 4.79 Å². The summed E-state index contributed by atoms with van der Waals surface area (Å²) in [7, 11) is 3.48. The van der Waals surface area contributed by atoms with Crippen molar-refractivity contribution in [3.05, 3.63) is 29.8 Å². The standard InChI is InChI=1S/C16H24N2O3/c1-13-10-18(8-9-21-13)12-16(19)17(2)11-14-6-4-5-7-15(14)20-3/h4-7,13H,8-12H2,1-3H3. The maximum absolute atomic E-state index is 12.3. The second-order valence-electron chi connectivity index (χ2n) is 5.48. The Morgan fingerprint density at radius 1 is 1.48 bits per heavy atom. The van der Waals surface area contributed by atoms with Crippen LogP contribution in [0.25, 0.3) is 0 Å². The number of amides is 1. The highest BCUT2D eigenvalue weighted by atomic mass is 16.5. The lowest BCUT2D eigenvalue weighted by atomic mass is 10.2. The smallest absolute Gasteiger partial charge is 0.236 e. The Kier molecular flexibility index (Phi) is 5.59. The molecule has 116 valence electrons. The molecule has 1 heterocycles. The molecule has 0 aromatic heterocycles. The van der Waals surface area contributed by atoms with Crippen molar-refractivity contribution in [2.75, 3.05) is 40.4 Å². The fraction of sp³-hybridized carbons (Fsp3) is 0.562. The van der Waals surface area contributed by atoms with Crippen molar-refractivity contribution >= 4 is 5.91 Å². The molecule has 1 saturated heterocycles. The molecule has 1 fully saturated rings. The second kappa shape index (κ2) is 7.43. The fourth-order valence-corrected chi connectivity index (χ4v) is 2.52. The molecule has 1 amide bonds. The van der Waals surface area contributed by atoms with E-state index >= 15 is 0 Å². The third-order valence-corrected chi connectivity index (χ3v) is 3.71. The maximum atomic E-state index is 12.3. The molecule has 5 nitrogen and oxygen atoms in total. The van der Waals surface area contributed by atoms with Gasteiger partial charge in [0.1, 0.15) is 5.75 Å². The summed E-state index contributed by atoms with van der Waals surface area (Å²) in [6.07, 6.45) is 0.200. The van der Waals surface area contributed by atoms with Crippen molar-refractivity contribution in [2.45, 2.75) is 19.6 Å². The van der Waals surface area contributed by atoms with Crippen LogP contribution in [0.15, 0.2) is 24.3 Å². The lowest BCUT2D eigenvalue weighted by Crippen LogP contribution is -2.46. The summed E-state index contributed by atoms with van der Waals surface area (Å²) in [5, 5.41) is 0. The summed E-state index contributed by atoms with van der Waals surface area (Å²) in [6, 6.07) is 7.79. The van der Waals surface area contributed by atoms with Crippen LogP contribution >= 0.6 is 0 Å².